The fraction of sp³-hybridized carbons (Fsp3) is 0.632. The normalized spacial score (nSPS) is 20.7. The number of carbonyl (C=O) groups excluding carboxylic acids is 1. The van der Waals surface area contributed by atoms with Crippen molar-refractivity contribution in [2.75, 3.05) is 13.1 Å². The first kappa shape index (κ1) is 16.8. The minimum atomic E-state index is -0.0292. The van der Waals surface area contributed by atoms with E-state index in [1.54, 1.807) is 11.3 Å². The van der Waals surface area contributed by atoms with Crippen LogP contribution in [0.4, 0.5) is 0 Å². The quantitative estimate of drug-likeness (QED) is 0.916. The summed E-state index contributed by atoms with van der Waals surface area (Å²) >= 11 is 1.66. The summed E-state index contributed by atoms with van der Waals surface area (Å²) in [7, 11) is 0. The molecule has 0 radical (unpaired) electrons. The predicted octanol–water partition coefficient (Wildman–Crippen LogP) is 3.05. The van der Waals surface area contributed by atoms with Crippen LogP contribution in [0.3, 0.4) is 0 Å². The van der Waals surface area contributed by atoms with Crippen LogP contribution in [0.15, 0.2) is 4.79 Å². The number of aromatic nitrogens is 2. The van der Waals surface area contributed by atoms with Gasteiger partial charge < -0.3 is 9.88 Å². The molecule has 1 saturated heterocycles. The molecular formula is C19H25N3O2S. The van der Waals surface area contributed by atoms with Crippen LogP contribution in [0.1, 0.15) is 55.3 Å². The number of thiophene rings is 1. The second kappa shape index (κ2) is 6.90. The summed E-state index contributed by atoms with van der Waals surface area (Å²) in [6.45, 7) is 3.92. The molecule has 4 rings (SSSR count). The smallest absolute Gasteiger partial charge is 0.259 e. The highest BCUT2D eigenvalue weighted by Gasteiger charge is 2.22. The molecule has 1 N–H and O–H groups in total. The Morgan fingerprint density at radius 2 is 2.16 bits per heavy atom. The molecule has 1 fully saturated rings. The molecule has 1 aliphatic heterocycles. The Kier molecular flexibility index (Phi) is 4.63. The van der Waals surface area contributed by atoms with Gasteiger partial charge in [0.1, 0.15) is 10.7 Å². The predicted molar refractivity (Wildman–Crippen MR) is 100 cm³/mol. The summed E-state index contributed by atoms with van der Waals surface area (Å²) in [4.78, 5) is 36.7. The first-order valence-corrected chi connectivity index (χ1v) is 10.2. The van der Waals surface area contributed by atoms with Crippen molar-refractivity contribution >= 4 is 27.5 Å². The summed E-state index contributed by atoms with van der Waals surface area (Å²) in [5.41, 5.74) is 1.18. The Labute approximate surface area is 151 Å². The number of hydrogen-bond acceptors (Lipinski definition) is 4. The molecule has 0 bridgehead atoms. The van der Waals surface area contributed by atoms with Crippen LogP contribution in [0.5, 0.6) is 0 Å². The van der Waals surface area contributed by atoms with E-state index in [0.717, 1.165) is 49.0 Å². The zero-order valence-corrected chi connectivity index (χ0v) is 15.6. The first-order chi connectivity index (χ1) is 12.1. The lowest BCUT2D eigenvalue weighted by molar-refractivity contribution is -0.132. The Morgan fingerprint density at radius 1 is 1.32 bits per heavy atom. The van der Waals surface area contributed by atoms with Gasteiger partial charge in [0.2, 0.25) is 5.91 Å². The molecule has 0 unspecified atom stereocenters. The summed E-state index contributed by atoms with van der Waals surface area (Å²) in [5.74, 6) is 1.42. The molecule has 5 nitrogen and oxygen atoms in total. The van der Waals surface area contributed by atoms with Crippen LogP contribution in [0.25, 0.3) is 10.2 Å². The lowest BCUT2D eigenvalue weighted by Crippen LogP contribution is -2.39. The SMILES string of the molecule is C[C@H]1CCCN(C(=O)CCc2nc3sc4c(c3c(=O)[nH]2)CCCC4)C1. The maximum atomic E-state index is 12.5. The second-order valence-corrected chi connectivity index (χ2v) is 8.57. The van der Waals surface area contributed by atoms with Crippen molar-refractivity contribution in [3.63, 3.8) is 0 Å². The van der Waals surface area contributed by atoms with Gasteiger partial charge in [-0.1, -0.05) is 6.92 Å². The number of nitrogens with zero attached hydrogens (tertiary/aromatic N) is 2. The van der Waals surface area contributed by atoms with Crippen LogP contribution < -0.4 is 5.56 Å². The molecule has 1 amide bonds. The number of carbonyl (C=O) groups is 1. The summed E-state index contributed by atoms with van der Waals surface area (Å²) in [5, 5.41) is 0.791. The van der Waals surface area contributed by atoms with E-state index in [9.17, 15) is 9.59 Å². The molecule has 25 heavy (non-hydrogen) atoms. The van der Waals surface area contributed by atoms with Crippen LogP contribution in [-0.4, -0.2) is 33.9 Å². The number of likely N-dealkylation sites (tertiary alicyclic amines) is 1. The standard InChI is InChI=1S/C19H25N3O2S/c1-12-5-4-10-22(11-12)16(23)9-8-15-20-18(24)17-13-6-2-3-7-14(13)25-19(17)21-15/h12H,2-11H2,1H3,(H,20,21,24)/t12-/m0/s1. The van der Waals surface area contributed by atoms with Gasteiger partial charge in [-0.25, -0.2) is 4.98 Å². The number of nitrogens with one attached hydrogen (secondary N) is 1. The van der Waals surface area contributed by atoms with E-state index in [1.807, 2.05) is 4.90 Å². The topological polar surface area (TPSA) is 66.1 Å². The molecule has 2 aromatic rings. The van der Waals surface area contributed by atoms with Crippen LogP contribution in [0.2, 0.25) is 0 Å². The third-order valence-corrected chi connectivity index (χ3v) is 6.65. The van der Waals surface area contributed by atoms with Crippen molar-refractivity contribution < 1.29 is 4.79 Å². The molecule has 2 aliphatic rings. The average molecular weight is 359 g/mol. The monoisotopic (exact) mass is 359 g/mol. The Bertz CT molecular complexity index is 854. The van der Waals surface area contributed by atoms with Gasteiger partial charge in [0.05, 0.1) is 5.39 Å². The van der Waals surface area contributed by atoms with Crippen molar-refractivity contribution in [2.45, 2.75) is 58.3 Å². The zero-order valence-electron chi connectivity index (χ0n) is 14.8. The summed E-state index contributed by atoms with van der Waals surface area (Å²) < 4.78 is 0. The number of hydrogen-bond donors (Lipinski definition) is 1. The van der Waals surface area contributed by atoms with Gasteiger partial charge in [0.15, 0.2) is 0 Å². The molecule has 134 valence electrons. The molecule has 3 heterocycles. The van der Waals surface area contributed by atoms with E-state index in [1.165, 1.54) is 23.3 Å². The highest BCUT2D eigenvalue weighted by molar-refractivity contribution is 7.18. The van der Waals surface area contributed by atoms with Crippen LogP contribution >= 0.6 is 11.3 Å². The van der Waals surface area contributed by atoms with E-state index in [-0.39, 0.29) is 11.5 Å². The minimum absolute atomic E-state index is 0.0292. The van der Waals surface area contributed by atoms with Gasteiger partial charge in [-0.3, -0.25) is 9.59 Å². The Hall–Kier alpha value is -1.69. The zero-order chi connectivity index (χ0) is 17.4. The van der Waals surface area contributed by atoms with Crippen molar-refractivity contribution in [1.29, 1.82) is 0 Å². The Balaban J connectivity index is 1.50. The number of fused-ring (bicyclic) bond motifs is 3. The van der Waals surface area contributed by atoms with Crippen LogP contribution in [0, 0.1) is 5.92 Å². The summed E-state index contributed by atoms with van der Waals surface area (Å²) in [6.07, 6.45) is 7.65. The van der Waals surface area contributed by atoms with Crippen LogP contribution in [-0.2, 0) is 24.1 Å². The van der Waals surface area contributed by atoms with Gasteiger partial charge in [-0.2, -0.15) is 0 Å². The number of aromatic amines is 1. The van der Waals surface area contributed by atoms with Crippen molar-refractivity contribution in [3.8, 4) is 0 Å². The third kappa shape index (κ3) is 3.36. The van der Waals surface area contributed by atoms with Gasteiger partial charge in [0, 0.05) is 30.8 Å². The van der Waals surface area contributed by atoms with Gasteiger partial charge in [0.25, 0.3) is 5.56 Å². The molecule has 0 aromatic carbocycles. The van der Waals surface area contributed by atoms with E-state index >= 15 is 0 Å². The maximum absolute atomic E-state index is 12.5. The van der Waals surface area contributed by atoms with Gasteiger partial charge in [-0.05, 0) is 50.0 Å². The fourth-order valence-electron chi connectivity index (χ4n) is 4.13. The van der Waals surface area contributed by atoms with Crippen molar-refractivity contribution in [3.05, 3.63) is 26.6 Å². The number of amides is 1. The highest BCUT2D eigenvalue weighted by atomic mass is 32.1. The lowest BCUT2D eigenvalue weighted by Gasteiger charge is -2.31. The first-order valence-electron chi connectivity index (χ1n) is 9.43. The van der Waals surface area contributed by atoms with E-state index in [2.05, 4.69) is 16.9 Å². The van der Waals surface area contributed by atoms with Gasteiger partial charge in [-0.15, -0.1) is 11.3 Å². The summed E-state index contributed by atoms with van der Waals surface area (Å²) in [6, 6.07) is 0. The van der Waals surface area contributed by atoms with E-state index in [4.69, 9.17) is 0 Å². The third-order valence-electron chi connectivity index (χ3n) is 5.46. The fourth-order valence-corrected chi connectivity index (χ4v) is 5.41. The highest BCUT2D eigenvalue weighted by Crippen LogP contribution is 2.33. The maximum Gasteiger partial charge on any atom is 0.259 e. The molecule has 1 aliphatic carbocycles. The number of aryl methyl sites for hydroxylation is 3. The molecule has 1 atom stereocenters. The average Bonchev–Trinajstić information content (AvgIpc) is 2.98. The molecule has 0 spiro atoms. The molecular weight excluding hydrogens is 334 g/mol. The van der Waals surface area contributed by atoms with Gasteiger partial charge >= 0.3 is 0 Å². The Morgan fingerprint density at radius 3 is 3.00 bits per heavy atom. The molecule has 6 heteroatoms. The molecule has 2 aromatic heterocycles. The molecule has 0 saturated carbocycles. The van der Waals surface area contributed by atoms with Crippen molar-refractivity contribution in [2.24, 2.45) is 5.92 Å². The number of rotatable bonds is 3. The lowest BCUT2D eigenvalue weighted by atomic mass is 9.97. The second-order valence-electron chi connectivity index (χ2n) is 7.49. The minimum Gasteiger partial charge on any atom is -0.342 e. The van der Waals surface area contributed by atoms with E-state index < -0.39 is 0 Å². The number of H-pyrrole nitrogens is 1. The van der Waals surface area contributed by atoms with E-state index in [0.29, 0.717) is 24.6 Å². The number of piperidine rings is 1. The van der Waals surface area contributed by atoms with Crippen molar-refractivity contribution in [1.82, 2.24) is 14.9 Å². The largest absolute Gasteiger partial charge is 0.342 e.